The molecule has 0 aromatic carbocycles. The van der Waals surface area contributed by atoms with E-state index in [1.54, 1.807) is 0 Å². The van der Waals surface area contributed by atoms with E-state index in [0.717, 1.165) is 13.1 Å². The van der Waals surface area contributed by atoms with Gasteiger partial charge in [0.2, 0.25) is 0 Å². The first-order chi connectivity index (χ1) is 4.34. The summed E-state index contributed by atoms with van der Waals surface area (Å²) in [5.41, 5.74) is 0. The van der Waals surface area contributed by atoms with Crippen molar-refractivity contribution in [2.45, 2.75) is 13.3 Å². The van der Waals surface area contributed by atoms with Crippen LogP contribution >= 0.6 is 0 Å². The number of nitrogens with zero attached hydrogens (tertiary/aromatic N) is 1. The molecule has 0 amide bonds. The molecule has 0 atom stereocenters. The van der Waals surface area contributed by atoms with Crippen molar-refractivity contribution in [3.8, 4) is 0 Å². The van der Waals surface area contributed by atoms with E-state index in [2.05, 4.69) is 30.3 Å². The summed E-state index contributed by atoms with van der Waals surface area (Å²) in [7, 11) is 2.10. The lowest BCUT2D eigenvalue weighted by molar-refractivity contribution is 0.415. The summed E-state index contributed by atoms with van der Waals surface area (Å²) in [4.78, 5) is 2.22. The van der Waals surface area contributed by atoms with E-state index in [1.807, 2.05) is 0 Å². The molecule has 0 aromatic rings. The molecule has 0 radical (unpaired) electrons. The zero-order valence-corrected chi connectivity index (χ0v) is 6.15. The summed E-state index contributed by atoms with van der Waals surface area (Å²) in [6, 6.07) is 0. The fourth-order valence-corrected chi connectivity index (χ4v) is 0.942. The van der Waals surface area contributed by atoms with Crippen LogP contribution in [0.15, 0.2) is 11.9 Å². The number of hydrogen-bond donors (Lipinski definition) is 1. The Morgan fingerprint density at radius 1 is 1.78 bits per heavy atom. The second-order valence-electron chi connectivity index (χ2n) is 2.32. The molecule has 0 saturated heterocycles. The fourth-order valence-electron chi connectivity index (χ4n) is 0.942. The Morgan fingerprint density at radius 2 is 2.56 bits per heavy atom. The van der Waals surface area contributed by atoms with Crippen molar-refractivity contribution in [2.75, 3.05) is 20.1 Å². The molecule has 1 N–H and O–H groups in total. The van der Waals surface area contributed by atoms with Crippen LogP contribution < -0.4 is 5.32 Å². The Hall–Kier alpha value is -0.660. The Bertz CT molecular complexity index is 118. The predicted octanol–water partition coefficient (Wildman–Crippen LogP) is 0.773. The van der Waals surface area contributed by atoms with E-state index in [1.165, 1.54) is 12.2 Å². The van der Waals surface area contributed by atoms with Crippen LogP contribution in [0.4, 0.5) is 0 Å². The maximum absolute atomic E-state index is 3.29. The summed E-state index contributed by atoms with van der Waals surface area (Å²) < 4.78 is 0. The van der Waals surface area contributed by atoms with Crippen LogP contribution in [0.2, 0.25) is 0 Å². The third-order valence-corrected chi connectivity index (χ3v) is 1.67. The van der Waals surface area contributed by atoms with Gasteiger partial charge in [0, 0.05) is 20.1 Å². The molecule has 0 saturated carbocycles. The SMILES string of the molecule is CCN(C)C1=CCCN1. The zero-order chi connectivity index (χ0) is 6.69. The molecular formula is C7H14N2. The molecule has 0 spiro atoms. The van der Waals surface area contributed by atoms with Crippen molar-refractivity contribution >= 4 is 0 Å². The highest BCUT2D eigenvalue weighted by molar-refractivity contribution is 5.03. The second-order valence-corrected chi connectivity index (χ2v) is 2.32. The molecule has 0 fully saturated rings. The average molecular weight is 126 g/mol. The lowest BCUT2D eigenvalue weighted by Gasteiger charge is -2.17. The van der Waals surface area contributed by atoms with Crippen molar-refractivity contribution in [2.24, 2.45) is 0 Å². The number of rotatable bonds is 2. The van der Waals surface area contributed by atoms with E-state index in [9.17, 15) is 0 Å². The standard InChI is InChI=1S/C7H14N2/c1-3-9(2)7-5-4-6-8-7/h5,8H,3-4,6H2,1-2H3. The second kappa shape index (κ2) is 2.76. The van der Waals surface area contributed by atoms with Gasteiger partial charge in [0.15, 0.2) is 0 Å². The molecule has 2 nitrogen and oxygen atoms in total. The minimum atomic E-state index is 1.08. The Balaban J connectivity index is 2.40. The van der Waals surface area contributed by atoms with Gasteiger partial charge in [-0.1, -0.05) is 0 Å². The first kappa shape index (κ1) is 6.46. The zero-order valence-electron chi connectivity index (χ0n) is 6.15. The summed E-state index contributed by atoms with van der Waals surface area (Å²) in [5.74, 6) is 1.29. The van der Waals surface area contributed by atoms with Crippen LogP contribution in [0.5, 0.6) is 0 Å². The highest BCUT2D eigenvalue weighted by Crippen LogP contribution is 2.03. The number of nitrogens with one attached hydrogen (secondary N) is 1. The van der Waals surface area contributed by atoms with Crippen molar-refractivity contribution in [1.29, 1.82) is 0 Å². The normalized spacial score (nSPS) is 16.9. The average Bonchev–Trinajstić information content (AvgIpc) is 2.37. The van der Waals surface area contributed by atoms with Gasteiger partial charge in [-0.3, -0.25) is 0 Å². The van der Waals surface area contributed by atoms with Crippen LogP contribution in [-0.4, -0.2) is 25.0 Å². The maximum atomic E-state index is 3.29. The van der Waals surface area contributed by atoms with Crippen LogP contribution in [0.1, 0.15) is 13.3 Å². The monoisotopic (exact) mass is 126 g/mol. The van der Waals surface area contributed by atoms with Gasteiger partial charge in [-0.25, -0.2) is 0 Å². The first-order valence-corrected chi connectivity index (χ1v) is 3.49. The maximum Gasteiger partial charge on any atom is 0.0969 e. The first-order valence-electron chi connectivity index (χ1n) is 3.49. The van der Waals surface area contributed by atoms with Gasteiger partial charge in [-0.2, -0.15) is 0 Å². The Labute approximate surface area is 56.5 Å². The minimum absolute atomic E-state index is 1.08. The van der Waals surface area contributed by atoms with Crippen LogP contribution in [-0.2, 0) is 0 Å². The number of hydrogen-bond acceptors (Lipinski definition) is 2. The van der Waals surface area contributed by atoms with Gasteiger partial charge in [-0.15, -0.1) is 0 Å². The molecule has 1 aliphatic heterocycles. The molecule has 0 aliphatic carbocycles. The topological polar surface area (TPSA) is 15.3 Å². The minimum Gasteiger partial charge on any atom is -0.372 e. The molecule has 2 heteroatoms. The van der Waals surface area contributed by atoms with Gasteiger partial charge < -0.3 is 10.2 Å². The smallest absolute Gasteiger partial charge is 0.0969 e. The molecular weight excluding hydrogens is 112 g/mol. The van der Waals surface area contributed by atoms with Crippen LogP contribution in [0.3, 0.4) is 0 Å². The van der Waals surface area contributed by atoms with Crippen molar-refractivity contribution in [3.05, 3.63) is 11.9 Å². The third-order valence-electron chi connectivity index (χ3n) is 1.67. The predicted molar refractivity (Wildman–Crippen MR) is 39.0 cm³/mol. The van der Waals surface area contributed by atoms with Crippen molar-refractivity contribution in [1.82, 2.24) is 10.2 Å². The highest BCUT2D eigenvalue weighted by Gasteiger charge is 2.04. The molecule has 0 unspecified atom stereocenters. The lowest BCUT2D eigenvalue weighted by Crippen LogP contribution is -2.25. The molecule has 9 heavy (non-hydrogen) atoms. The summed E-state index contributed by atoms with van der Waals surface area (Å²) in [5, 5.41) is 3.29. The molecule has 0 aromatic heterocycles. The Kier molecular flexibility index (Phi) is 1.98. The lowest BCUT2D eigenvalue weighted by atomic mass is 10.4. The van der Waals surface area contributed by atoms with E-state index >= 15 is 0 Å². The summed E-state index contributed by atoms with van der Waals surface area (Å²) in [6.07, 6.45) is 3.42. The third kappa shape index (κ3) is 1.37. The van der Waals surface area contributed by atoms with E-state index < -0.39 is 0 Å². The van der Waals surface area contributed by atoms with Crippen molar-refractivity contribution < 1.29 is 0 Å². The van der Waals surface area contributed by atoms with E-state index in [0.29, 0.717) is 0 Å². The van der Waals surface area contributed by atoms with Gasteiger partial charge in [0.25, 0.3) is 0 Å². The summed E-state index contributed by atoms with van der Waals surface area (Å²) in [6.45, 7) is 4.35. The van der Waals surface area contributed by atoms with Crippen LogP contribution in [0, 0.1) is 0 Å². The van der Waals surface area contributed by atoms with Gasteiger partial charge in [0.1, 0.15) is 0 Å². The Morgan fingerprint density at radius 3 is 3.00 bits per heavy atom. The quantitative estimate of drug-likeness (QED) is 0.588. The highest BCUT2D eigenvalue weighted by atomic mass is 15.2. The van der Waals surface area contributed by atoms with Gasteiger partial charge in [-0.05, 0) is 19.4 Å². The van der Waals surface area contributed by atoms with Crippen molar-refractivity contribution in [3.63, 3.8) is 0 Å². The molecule has 0 bridgehead atoms. The summed E-state index contributed by atoms with van der Waals surface area (Å²) >= 11 is 0. The fraction of sp³-hybridized carbons (Fsp3) is 0.714. The van der Waals surface area contributed by atoms with Gasteiger partial charge >= 0.3 is 0 Å². The molecule has 52 valence electrons. The van der Waals surface area contributed by atoms with Crippen LogP contribution in [0.25, 0.3) is 0 Å². The van der Waals surface area contributed by atoms with E-state index in [4.69, 9.17) is 0 Å². The molecule has 1 rings (SSSR count). The molecule has 1 aliphatic rings. The van der Waals surface area contributed by atoms with E-state index in [-0.39, 0.29) is 0 Å². The largest absolute Gasteiger partial charge is 0.372 e. The molecule has 1 heterocycles. The van der Waals surface area contributed by atoms with Gasteiger partial charge in [0.05, 0.1) is 5.82 Å².